The van der Waals surface area contributed by atoms with Crippen molar-refractivity contribution in [2.45, 2.75) is 19.0 Å². The molecule has 9 heteroatoms. The summed E-state index contributed by atoms with van der Waals surface area (Å²) in [4.78, 5) is 20.7. The predicted octanol–water partition coefficient (Wildman–Crippen LogP) is 4.02. The Balaban J connectivity index is 1.08. The van der Waals surface area contributed by atoms with E-state index in [1.54, 1.807) is 23.7 Å². The molecule has 1 fully saturated rings. The van der Waals surface area contributed by atoms with Gasteiger partial charge in [-0.15, -0.1) is 11.3 Å². The number of hydrogen-bond acceptors (Lipinski definition) is 7. The van der Waals surface area contributed by atoms with Gasteiger partial charge >= 0.3 is 0 Å². The van der Waals surface area contributed by atoms with Gasteiger partial charge in [0.25, 0.3) is 0 Å². The molecule has 5 heterocycles. The van der Waals surface area contributed by atoms with E-state index in [2.05, 4.69) is 76.8 Å². The Kier molecular flexibility index (Phi) is 5.41. The van der Waals surface area contributed by atoms with Gasteiger partial charge in [0.2, 0.25) is 11.9 Å². The van der Waals surface area contributed by atoms with E-state index in [-0.39, 0.29) is 0 Å². The summed E-state index contributed by atoms with van der Waals surface area (Å²) in [6.45, 7) is 4.74. The fourth-order valence-electron chi connectivity index (χ4n) is 4.51. The average Bonchev–Trinajstić information content (AvgIpc) is 3.62. The summed E-state index contributed by atoms with van der Waals surface area (Å²) in [6, 6.07) is 15.0. The highest BCUT2D eigenvalue weighted by Crippen LogP contribution is 2.24. The quantitative estimate of drug-likeness (QED) is 0.326. The lowest BCUT2D eigenvalue weighted by molar-refractivity contribution is 0.349. The zero-order chi connectivity index (χ0) is 22.0. The van der Waals surface area contributed by atoms with Crippen LogP contribution in [0.2, 0.25) is 0 Å². The third-order valence-electron chi connectivity index (χ3n) is 6.16. The van der Waals surface area contributed by atoms with Crippen LogP contribution in [0.15, 0.2) is 60.2 Å². The lowest BCUT2D eigenvalue weighted by Crippen LogP contribution is -2.30. The van der Waals surface area contributed by atoms with E-state index in [9.17, 15) is 0 Å². The minimum absolute atomic E-state index is 0.390. The molecule has 1 aliphatic rings. The van der Waals surface area contributed by atoms with Gasteiger partial charge in [-0.3, -0.25) is 9.88 Å². The molecule has 1 unspecified atom stereocenters. The van der Waals surface area contributed by atoms with Crippen LogP contribution >= 0.6 is 11.3 Å². The van der Waals surface area contributed by atoms with Gasteiger partial charge in [0, 0.05) is 43.3 Å². The number of pyridine rings is 1. The van der Waals surface area contributed by atoms with E-state index in [0.29, 0.717) is 6.04 Å². The molecule has 1 aliphatic heterocycles. The van der Waals surface area contributed by atoms with Crippen molar-refractivity contribution in [1.82, 2.24) is 29.4 Å². The highest BCUT2D eigenvalue weighted by atomic mass is 32.1. The molecule has 0 aliphatic carbocycles. The van der Waals surface area contributed by atoms with E-state index in [1.165, 1.54) is 10.4 Å². The van der Waals surface area contributed by atoms with Crippen molar-refractivity contribution in [3.05, 3.63) is 65.1 Å². The van der Waals surface area contributed by atoms with Gasteiger partial charge in [0.15, 0.2) is 0 Å². The maximum atomic E-state index is 4.91. The van der Waals surface area contributed by atoms with Crippen molar-refractivity contribution in [2.24, 2.45) is 0 Å². The second kappa shape index (κ2) is 8.84. The first-order valence-electron chi connectivity index (χ1n) is 11.3. The van der Waals surface area contributed by atoms with Gasteiger partial charge < -0.3 is 20.2 Å². The molecule has 1 atom stereocenters. The first-order chi connectivity index (χ1) is 16.3. The van der Waals surface area contributed by atoms with Gasteiger partial charge in [-0.05, 0) is 36.1 Å². The van der Waals surface area contributed by atoms with E-state index >= 15 is 0 Å². The average molecular weight is 459 g/mol. The Morgan fingerprint density at radius 3 is 2.97 bits per heavy atom. The van der Waals surface area contributed by atoms with Crippen LogP contribution in [-0.2, 0) is 6.54 Å². The number of hydrogen-bond donors (Lipinski definition) is 3. The molecule has 0 radical (unpaired) electrons. The van der Waals surface area contributed by atoms with E-state index in [0.717, 1.165) is 67.6 Å². The Morgan fingerprint density at radius 1 is 1.09 bits per heavy atom. The Hall–Kier alpha value is -3.43. The van der Waals surface area contributed by atoms with Crippen molar-refractivity contribution in [3.8, 4) is 0 Å². The summed E-state index contributed by atoms with van der Waals surface area (Å²) in [5.41, 5.74) is 4.10. The third-order valence-corrected chi connectivity index (χ3v) is 7.02. The molecular weight excluding hydrogens is 432 g/mol. The molecule has 1 aromatic carbocycles. The van der Waals surface area contributed by atoms with E-state index in [4.69, 9.17) is 4.98 Å². The second-order valence-corrected chi connectivity index (χ2v) is 9.46. The number of aromatic nitrogens is 5. The fourth-order valence-corrected chi connectivity index (χ4v) is 5.21. The number of aromatic amines is 1. The minimum atomic E-state index is 0.390. The van der Waals surface area contributed by atoms with Crippen LogP contribution in [0.1, 0.15) is 11.3 Å². The molecule has 168 valence electrons. The molecule has 5 aromatic rings. The van der Waals surface area contributed by atoms with Crippen molar-refractivity contribution < 1.29 is 0 Å². The molecule has 0 spiro atoms. The summed E-state index contributed by atoms with van der Waals surface area (Å²) >= 11 is 1.79. The fraction of sp³-hybridized carbons (Fsp3) is 0.292. The van der Waals surface area contributed by atoms with Crippen molar-refractivity contribution in [1.29, 1.82) is 0 Å². The van der Waals surface area contributed by atoms with Crippen molar-refractivity contribution in [2.75, 3.05) is 36.8 Å². The topological polar surface area (TPSA) is 86.7 Å². The van der Waals surface area contributed by atoms with Gasteiger partial charge in [0.05, 0.1) is 34.8 Å². The third kappa shape index (κ3) is 4.29. The smallest absolute Gasteiger partial charge is 0.204 e. The number of para-hydroxylation sites is 2. The maximum absolute atomic E-state index is 4.91. The number of H-pyrrole nitrogens is 1. The van der Waals surface area contributed by atoms with Crippen molar-refractivity contribution >= 4 is 45.3 Å². The molecule has 4 aromatic heterocycles. The monoisotopic (exact) mass is 458 g/mol. The molecule has 0 saturated carbocycles. The molecule has 33 heavy (non-hydrogen) atoms. The van der Waals surface area contributed by atoms with Gasteiger partial charge in [-0.2, -0.15) is 0 Å². The normalized spacial score (nSPS) is 16.7. The van der Waals surface area contributed by atoms with Crippen molar-refractivity contribution in [3.63, 3.8) is 0 Å². The minimum Gasteiger partial charge on any atom is -0.355 e. The van der Waals surface area contributed by atoms with Crippen LogP contribution < -0.4 is 10.6 Å². The summed E-state index contributed by atoms with van der Waals surface area (Å²) in [5.74, 6) is 1.76. The summed E-state index contributed by atoms with van der Waals surface area (Å²) in [7, 11) is 0. The summed E-state index contributed by atoms with van der Waals surface area (Å²) in [5, 5.41) is 9.27. The highest BCUT2D eigenvalue weighted by Gasteiger charge is 2.24. The van der Waals surface area contributed by atoms with Gasteiger partial charge in [-0.1, -0.05) is 18.2 Å². The van der Waals surface area contributed by atoms with Crippen LogP contribution in [0.4, 0.5) is 11.9 Å². The Labute approximate surface area is 195 Å². The zero-order valence-corrected chi connectivity index (χ0v) is 19.1. The lowest BCUT2D eigenvalue weighted by atomic mass is 10.3. The highest BCUT2D eigenvalue weighted by molar-refractivity contribution is 7.09. The van der Waals surface area contributed by atoms with Crippen LogP contribution in [0.25, 0.3) is 22.1 Å². The summed E-state index contributed by atoms with van der Waals surface area (Å²) in [6.07, 6.45) is 4.67. The molecule has 3 N–H and O–H groups in total. The van der Waals surface area contributed by atoms with Crippen LogP contribution in [-0.4, -0.2) is 61.6 Å². The number of benzene rings is 1. The largest absolute Gasteiger partial charge is 0.355 e. The molecule has 1 saturated heterocycles. The summed E-state index contributed by atoms with van der Waals surface area (Å²) < 4.78 is 2.31. The lowest BCUT2D eigenvalue weighted by Gasteiger charge is -2.18. The standard InChI is InChI=1S/C24H26N8S/c1-2-6-22-20(5-1)30-24(32(22)16-18-4-3-13-33-18)27-17-8-11-31(15-17)12-10-26-23-28-19-7-9-25-14-21(19)29-23/h1-7,9,13-14,17H,8,10-12,15-16H2,(H,27,30)(H2,26,28,29). The first kappa shape index (κ1) is 20.2. The number of imidazole rings is 2. The van der Waals surface area contributed by atoms with Crippen LogP contribution in [0.5, 0.6) is 0 Å². The number of anilines is 2. The number of likely N-dealkylation sites (tertiary alicyclic amines) is 1. The first-order valence-corrected chi connectivity index (χ1v) is 12.2. The van der Waals surface area contributed by atoms with Gasteiger partial charge in [0.1, 0.15) is 0 Å². The zero-order valence-electron chi connectivity index (χ0n) is 18.2. The number of nitrogens with zero attached hydrogens (tertiary/aromatic N) is 5. The van der Waals surface area contributed by atoms with E-state index < -0.39 is 0 Å². The number of nitrogens with one attached hydrogen (secondary N) is 3. The van der Waals surface area contributed by atoms with E-state index in [1.807, 2.05) is 6.07 Å². The van der Waals surface area contributed by atoms with Gasteiger partial charge in [-0.25, -0.2) is 9.97 Å². The number of rotatable bonds is 8. The maximum Gasteiger partial charge on any atom is 0.204 e. The van der Waals surface area contributed by atoms with Crippen LogP contribution in [0, 0.1) is 0 Å². The second-order valence-electron chi connectivity index (χ2n) is 8.43. The SMILES string of the molecule is c1csc(Cn2c(NC3CCN(CCNc4nc5ccncc5[nH]4)C3)nc3ccccc32)c1. The Bertz CT molecular complexity index is 1320. The predicted molar refractivity (Wildman–Crippen MR) is 134 cm³/mol. The molecule has 0 bridgehead atoms. The molecule has 8 nitrogen and oxygen atoms in total. The number of fused-ring (bicyclic) bond motifs is 2. The molecular formula is C24H26N8S. The molecule has 6 rings (SSSR count). The molecule has 0 amide bonds. The number of thiophene rings is 1. The Morgan fingerprint density at radius 2 is 2.06 bits per heavy atom. The van der Waals surface area contributed by atoms with Crippen LogP contribution in [0.3, 0.4) is 0 Å².